The van der Waals surface area contributed by atoms with E-state index in [1.165, 1.54) is 11.3 Å². The maximum absolute atomic E-state index is 12.3. The highest BCUT2D eigenvalue weighted by Gasteiger charge is 2.34. The van der Waals surface area contributed by atoms with E-state index >= 15 is 0 Å². The van der Waals surface area contributed by atoms with Crippen molar-refractivity contribution in [2.45, 2.75) is 25.8 Å². The summed E-state index contributed by atoms with van der Waals surface area (Å²) < 4.78 is 19.5. The van der Waals surface area contributed by atoms with Crippen LogP contribution in [0.3, 0.4) is 0 Å². The van der Waals surface area contributed by atoms with Crippen molar-refractivity contribution in [1.82, 2.24) is 15.4 Å². The number of hydrogen-bond donors (Lipinski definition) is 3. The molecule has 2 atom stereocenters. The van der Waals surface area contributed by atoms with Crippen molar-refractivity contribution in [1.29, 1.82) is 0 Å². The Hall–Kier alpha value is -1.46. The number of ether oxygens (including phenoxy) is 1. The summed E-state index contributed by atoms with van der Waals surface area (Å²) in [5.41, 5.74) is -0.823. The Morgan fingerprint density at radius 2 is 2.32 bits per heavy atom. The molecule has 1 aromatic heterocycles. The van der Waals surface area contributed by atoms with E-state index in [2.05, 4.69) is 36.3 Å². The second-order valence-electron chi connectivity index (χ2n) is 5.40. The monoisotopic (exact) mass is 450 g/mol. The van der Waals surface area contributed by atoms with Crippen LogP contribution in [0.4, 0.5) is 9.59 Å². The molecule has 8 nitrogen and oxygen atoms in total. The van der Waals surface area contributed by atoms with Gasteiger partial charge in [0.05, 0.1) is 24.5 Å². The molecule has 2 amide bonds. The standard InChI is InChI=1S/C14H19BrN4O4S2/c1-3-23-12(20)19-25(22)13(21)18-14(2,7-11-16-4-5-17-11)10-6-9(15)8-24-10/h6,8H,3-5,7H2,1-2H3,(H,16,17)(H,18,21)(H,19,20)/t14?,25-/m0/s1. The molecule has 11 heteroatoms. The molecule has 3 N–H and O–H groups in total. The second kappa shape index (κ2) is 8.77. The van der Waals surface area contributed by atoms with Crippen molar-refractivity contribution in [2.24, 2.45) is 4.99 Å². The van der Waals surface area contributed by atoms with Crippen LogP contribution in [-0.4, -0.2) is 41.1 Å². The molecule has 0 saturated heterocycles. The third-order valence-electron chi connectivity index (χ3n) is 3.37. The molecule has 1 unspecified atom stereocenters. The van der Waals surface area contributed by atoms with E-state index in [0.29, 0.717) is 13.0 Å². The number of halogens is 1. The molecule has 1 aliphatic heterocycles. The number of carbonyl (C=O) groups excluding carboxylic acids is 2. The summed E-state index contributed by atoms with van der Waals surface area (Å²) in [6, 6.07) is 1.89. The molecule has 2 rings (SSSR count). The topological polar surface area (TPSA) is 109 Å². The highest BCUT2D eigenvalue weighted by atomic mass is 79.9. The third kappa shape index (κ3) is 5.51. The zero-order chi connectivity index (χ0) is 18.4. The van der Waals surface area contributed by atoms with E-state index in [1.807, 2.05) is 23.1 Å². The van der Waals surface area contributed by atoms with Gasteiger partial charge in [-0.1, -0.05) is 0 Å². The number of carbonyl (C=O) groups is 2. The molecular formula is C14H19BrN4O4S2. The molecule has 25 heavy (non-hydrogen) atoms. The van der Waals surface area contributed by atoms with Gasteiger partial charge in [0.25, 0.3) is 0 Å². The normalized spacial score (nSPS) is 17.0. The van der Waals surface area contributed by atoms with Gasteiger partial charge in [0.2, 0.25) is 11.0 Å². The van der Waals surface area contributed by atoms with Crippen molar-refractivity contribution in [3.8, 4) is 0 Å². The molecule has 138 valence electrons. The molecule has 0 spiro atoms. The summed E-state index contributed by atoms with van der Waals surface area (Å²) in [5.74, 6) is 0.774. The van der Waals surface area contributed by atoms with Crippen LogP contribution in [-0.2, 0) is 21.3 Å². The van der Waals surface area contributed by atoms with Gasteiger partial charge in [-0.2, -0.15) is 0 Å². The predicted molar refractivity (Wildman–Crippen MR) is 101 cm³/mol. The van der Waals surface area contributed by atoms with E-state index in [4.69, 9.17) is 0 Å². The van der Waals surface area contributed by atoms with Gasteiger partial charge in [-0.05, 0) is 35.8 Å². The van der Waals surface area contributed by atoms with Crippen LogP contribution in [0.15, 0.2) is 20.9 Å². The summed E-state index contributed by atoms with van der Waals surface area (Å²) in [4.78, 5) is 28.9. The lowest BCUT2D eigenvalue weighted by molar-refractivity contribution is 0.159. The molecule has 0 aliphatic carbocycles. The zero-order valence-corrected chi connectivity index (χ0v) is 17.0. The summed E-state index contributed by atoms with van der Waals surface area (Å²) in [5, 5.41) is 7.02. The largest absolute Gasteiger partial charge is 0.449 e. The fourth-order valence-electron chi connectivity index (χ4n) is 2.25. The highest BCUT2D eigenvalue weighted by molar-refractivity contribution is 9.10. The Kier molecular flexibility index (Phi) is 6.96. The zero-order valence-electron chi connectivity index (χ0n) is 13.8. The minimum Gasteiger partial charge on any atom is -0.449 e. The Morgan fingerprint density at radius 3 is 2.88 bits per heavy atom. The number of amides is 2. The minimum absolute atomic E-state index is 0.122. The van der Waals surface area contributed by atoms with Gasteiger partial charge in [-0.3, -0.25) is 9.79 Å². The van der Waals surface area contributed by atoms with E-state index in [9.17, 15) is 13.8 Å². The van der Waals surface area contributed by atoms with E-state index in [-0.39, 0.29) is 6.61 Å². The molecule has 0 radical (unpaired) electrons. The first-order valence-corrected chi connectivity index (χ1v) is 10.4. The van der Waals surface area contributed by atoms with Gasteiger partial charge >= 0.3 is 11.3 Å². The van der Waals surface area contributed by atoms with Crippen LogP contribution in [0.25, 0.3) is 0 Å². The Morgan fingerprint density at radius 1 is 1.56 bits per heavy atom. The number of nitrogens with one attached hydrogen (secondary N) is 3. The Labute approximate surface area is 160 Å². The fourth-order valence-corrected chi connectivity index (χ4v) is 4.42. The lowest BCUT2D eigenvalue weighted by Gasteiger charge is -2.29. The lowest BCUT2D eigenvalue weighted by atomic mass is 9.95. The van der Waals surface area contributed by atoms with Gasteiger partial charge in [-0.15, -0.1) is 11.3 Å². The second-order valence-corrected chi connectivity index (χ2v) is 8.34. The van der Waals surface area contributed by atoms with E-state index in [0.717, 1.165) is 21.7 Å². The number of thiophene rings is 1. The van der Waals surface area contributed by atoms with Gasteiger partial charge in [0.15, 0.2) is 0 Å². The van der Waals surface area contributed by atoms with Crippen molar-refractivity contribution in [3.05, 3.63) is 20.8 Å². The van der Waals surface area contributed by atoms with Gasteiger partial charge in [0.1, 0.15) is 0 Å². The average Bonchev–Trinajstić information content (AvgIpc) is 3.19. The van der Waals surface area contributed by atoms with Gasteiger partial charge < -0.3 is 15.4 Å². The molecule has 1 aromatic rings. The van der Waals surface area contributed by atoms with Crippen molar-refractivity contribution in [2.75, 3.05) is 19.7 Å². The molecule has 1 aliphatic rings. The van der Waals surface area contributed by atoms with Crippen LogP contribution in [0.5, 0.6) is 0 Å². The number of nitrogens with zero attached hydrogens (tertiary/aromatic N) is 1. The molecule has 0 fully saturated rings. The van der Waals surface area contributed by atoms with Crippen LogP contribution < -0.4 is 15.4 Å². The van der Waals surface area contributed by atoms with Crippen LogP contribution in [0, 0.1) is 0 Å². The quantitative estimate of drug-likeness (QED) is 0.636. The molecule has 0 bridgehead atoms. The molecular weight excluding hydrogens is 432 g/mol. The summed E-state index contributed by atoms with van der Waals surface area (Å²) in [6.07, 6.45) is -0.485. The maximum Gasteiger partial charge on any atom is 0.419 e. The maximum atomic E-state index is 12.3. The Balaban J connectivity index is 2.13. The number of aliphatic imine (C=N–C) groups is 1. The molecule has 2 heterocycles. The Bertz CT molecular complexity index is 709. The van der Waals surface area contributed by atoms with Crippen LogP contribution in [0.1, 0.15) is 25.1 Å². The van der Waals surface area contributed by atoms with Crippen LogP contribution in [0.2, 0.25) is 0 Å². The highest BCUT2D eigenvalue weighted by Crippen LogP contribution is 2.33. The van der Waals surface area contributed by atoms with E-state index in [1.54, 1.807) is 6.92 Å². The van der Waals surface area contributed by atoms with Gasteiger partial charge in [0, 0.05) is 27.7 Å². The summed E-state index contributed by atoms with van der Waals surface area (Å²) >= 11 is 4.86. The van der Waals surface area contributed by atoms with Crippen LogP contribution >= 0.6 is 27.3 Å². The number of rotatable bonds is 5. The summed E-state index contributed by atoms with van der Waals surface area (Å²) in [7, 11) is -2.25. The first-order valence-electron chi connectivity index (χ1n) is 7.53. The van der Waals surface area contributed by atoms with Crippen molar-refractivity contribution < 1.29 is 18.5 Å². The van der Waals surface area contributed by atoms with Crippen molar-refractivity contribution >= 4 is 55.4 Å². The van der Waals surface area contributed by atoms with Gasteiger partial charge in [-0.25, -0.2) is 13.7 Å². The van der Waals surface area contributed by atoms with Crippen molar-refractivity contribution in [3.63, 3.8) is 0 Å². The smallest absolute Gasteiger partial charge is 0.419 e. The SMILES string of the molecule is CCOC(=O)N[S@@](=O)C(=O)NC(C)(CC1=NCCN1)c1cc(Br)cs1. The first-order chi connectivity index (χ1) is 11.8. The number of hydrogen-bond acceptors (Lipinski definition) is 7. The minimum atomic E-state index is -2.25. The average molecular weight is 451 g/mol. The predicted octanol–water partition coefficient (Wildman–Crippen LogP) is 2.24. The first kappa shape index (κ1) is 19.9. The van der Waals surface area contributed by atoms with E-state index < -0.39 is 27.9 Å². The third-order valence-corrected chi connectivity index (χ3v) is 6.12. The fraction of sp³-hybridized carbons (Fsp3) is 0.500. The molecule has 0 saturated carbocycles. The lowest BCUT2D eigenvalue weighted by Crippen LogP contribution is -2.48. The molecule has 0 aromatic carbocycles. The number of amidine groups is 1. The summed E-state index contributed by atoms with van der Waals surface area (Å²) in [6.45, 7) is 5.00.